The van der Waals surface area contributed by atoms with E-state index in [1.165, 1.54) is 0 Å². The number of nitrogens with zero attached hydrogens (tertiary/aromatic N) is 2. The molecule has 21 heavy (non-hydrogen) atoms. The molecule has 4 nitrogen and oxygen atoms in total. The zero-order valence-electron chi connectivity index (χ0n) is 11.4. The molecule has 3 aromatic rings. The summed E-state index contributed by atoms with van der Waals surface area (Å²) in [6.45, 7) is 0.628. The van der Waals surface area contributed by atoms with E-state index in [0.29, 0.717) is 12.1 Å². The summed E-state index contributed by atoms with van der Waals surface area (Å²) in [5, 5.41) is 4.05. The van der Waals surface area contributed by atoms with Gasteiger partial charge in [-0.25, -0.2) is 4.98 Å². The maximum atomic E-state index is 11.9. The molecule has 0 spiro atoms. The fraction of sp³-hybridized carbons (Fsp3) is 0.125. The van der Waals surface area contributed by atoms with Crippen molar-refractivity contribution in [2.45, 2.75) is 5.03 Å². The summed E-state index contributed by atoms with van der Waals surface area (Å²) in [7, 11) is 0. The molecule has 0 saturated heterocycles. The minimum atomic E-state index is -0.0305. The van der Waals surface area contributed by atoms with Crippen molar-refractivity contribution in [3.05, 3.63) is 66.5 Å². The second-order valence-corrected chi connectivity index (χ2v) is 5.61. The van der Waals surface area contributed by atoms with Crippen LogP contribution in [-0.4, -0.2) is 27.6 Å². The minimum absolute atomic E-state index is 0.0305. The molecule has 1 N–H and O–H groups in total. The normalized spacial score (nSPS) is 10.7. The fourth-order valence-corrected chi connectivity index (χ4v) is 2.93. The zero-order valence-corrected chi connectivity index (χ0v) is 12.2. The van der Waals surface area contributed by atoms with Crippen molar-refractivity contribution in [2.75, 3.05) is 12.3 Å². The van der Waals surface area contributed by atoms with E-state index in [-0.39, 0.29) is 5.91 Å². The van der Waals surface area contributed by atoms with E-state index in [1.54, 1.807) is 18.0 Å². The van der Waals surface area contributed by atoms with Gasteiger partial charge in [-0.2, -0.15) is 0 Å². The summed E-state index contributed by atoms with van der Waals surface area (Å²) >= 11 is 1.70. The van der Waals surface area contributed by atoms with Crippen LogP contribution in [-0.2, 0) is 0 Å². The molecule has 0 aliphatic carbocycles. The highest BCUT2D eigenvalue weighted by atomic mass is 32.2. The molecule has 0 saturated carbocycles. The number of fused-ring (bicyclic) bond motifs is 1. The van der Waals surface area contributed by atoms with Gasteiger partial charge in [0.05, 0.1) is 5.03 Å². The van der Waals surface area contributed by atoms with Crippen molar-refractivity contribution < 1.29 is 4.79 Å². The van der Waals surface area contributed by atoms with Gasteiger partial charge in [-0.15, -0.1) is 11.8 Å². The number of rotatable bonds is 5. The Hall–Kier alpha value is -2.27. The van der Waals surface area contributed by atoms with Crippen molar-refractivity contribution in [3.8, 4) is 0 Å². The Bertz CT molecular complexity index is 739. The molecular formula is C16H15N3OS. The summed E-state index contributed by atoms with van der Waals surface area (Å²) in [4.78, 5) is 16.1. The highest BCUT2D eigenvalue weighted by molar-refractivity contribution is 7.99. The lowest BCUT2D eigenvalue weighted by atomic mass is 10.2. The SMILES string of the molecule is O=C(NCCSc1cccc2nccn12)c1ccccc1. The number of pyridine rings is 1. The van der Waals surface area contributed by atoms with Crippen molar-refractivity contribution >= 4 is 23.3 Å². The molecule has 2 aromatic heterocycles. The number of carbonyl (C=O) groups excluding carboxylic acids is 1. The number of carbonyl (C=O) groups is 1. The molecule has 1 amide bonds. The lowest BCUT2D eigenvalue weighted by molar-refractivity contribution is 0.0956. The summed E-state index contributed by atoms with van der Waals surface area (Å²) in [6.07, 6.45) is 3.73. The van der Waals surface area contributed by atoms with Crippen molar-refractivity contribution in [1.82, 2.24) is 14.7 Å². The Balaban J connectivity index is 1.53. The number of imidazole rings is 1. The molecule has 0 atom stereocenters. The number of aromatic nitrogens is 2. The van der Waals surface area contributed by atoms with Crippen LogP contribution in [0.5, 0.6) is 0 Å². The number of thioether (sulfide) groups is 1. The molecule has 1 aromatic carbocycles. The highest BCUT2D eigenvalue weighted by Crippen LogP contribution is 2.18. The smallest absolute Gasteiger partial charge is 0.251 e. The number of benzene rings is 1. The van der Waals surface area contributed by atoms with Crippen molar-refractivity contribution in [1.29, 1.82) is 0 Å². The molecule has 0 unspecified atom stereocenters. The van der Waals surface area contributed by atoms with Crippen LogP contribution in [0.15, 0.2) is 66.0 Å². The molecule has 2 heterocycles. The molecule has 0 aliphatic heterocycles. The Kier molecular flexibility index (Phi) is 4.21. The van der Waals surface area contributed by atoms with Gasteiger partial charge >= 0.3 is 0 Å². The monoisotopic (exact) mass is 297 g/mol. The quantitative estimate of drug-likeness (QED) is 0.582. The van der Waals surface area contributed by atoms with Crippen molar-refractivity contribution in [2.24, 2.45) is 0 Å². The molecule has 5 heteroatoms. The van der Waals surface area contributed by atoms with Crippen LogP contribution in [0.4, 0.5) is 0 Å². The first-order valence-electron chi connectivity index (χ1n) is 6.73. The van der Waals surface area contributed by atoms with E-state index < -0.39 is 0 Å². The van der Waals surface area contributed by atoms with E-state index >= 15 is 0 Å². The molecule has 0 aliphatic rings. The highest BCUT2D eigenvalue weighted by Gasteiger charge is 2.04. The summed E-state index contributed by atoms with van der Waals surface area (Å²) < 4.78 is 2.05. The second kappa shape index (κ2) is 6.45. The van der Waals surface area contributed by atoms with Crippen LogP contribution < -0.4 is 5.32 Å². The Labute approximate surface area is 127 Å². The van der Waals surface area contributed by atoms with E-state index in [1.807, 2.05) is 53.1 Å². The van der Waals surface area contributed by atoms with Gasteiger partial charge in [-0.3, -0.25) is 9.20 Å². The van der Waals surface area contributed by atoms with Gasteiger partial charge < -0.3 is 5.32 Å². The Morgan fingerprint density at radius 3 is 2.86 bits per heavy atom. The summed E-state index contributed by atoms with van der Waals surface area (Å²) in [6, 6.07) is 15.3. The van der Waals surface area contributed by atoms with Gasteiger partial charge in [-0.05, 0) is 24.3 Å². The standard InChI is InChI=1S/C16H15N3OS/c20-16(13-5-2-1-3-6-13)18-10-12-21-15-8-4-7-14-17-9-11-19(14)15/h1-9,11H,10,12H2,(H,18,20). The maximum Gasteiger partial charge on any atom is 0.251 e. The number of nitrogens with one attached hydrogen (secondary N) is 1. The first kappa shape index (κ1) is 13.7. The fourth-order valence-electron chi connectivity index (χ4n) is 2.05. The van der Waals surface area contributed by atoms with E-state index in [2.05, 4.69) is 16.4 Å². The third kappa shape index (κ3) is 3.25. The van der Waals surface area contributed by atoms with E-state index in [0.717, 1.165) is 16.4 Å². The third-order valence-corrected chi connectivity index (χ3v) is 4.10. The predicted octanol–water partition coefficient (Wildman–Crippen LogP) is 2.86. The molecule has 106 valence electrons. The molecular weight excluding hydrogens is 282 g/mol. The van der Waals surface area contributed by atoms with Gasteiger partial charge in [-0.1, -0.05) is 24.3 Å². The minimum Gasteiger partial charge on any atom is -0.351 e. The molecule has 0 bridgehead atoms. The topological polar surface area (TPSA) is 46.4 Å². The van der Waals surface area contributed by atoms with E-state index in [9.17, 15) is 4.79 Å². The van der Waals surface area contributed by atoms with Crippen molar-refractivity contribution in [3.63, 3.8) is 0 Å². The van der Waals surface area contributed by atoms with Crippen LogP contribution in [0, 0.1) is 0 Å². The molecule has 3 rings (SSSR count). The molecule has 0 radical (unpaired) electrons. The van der Waals surface area contributed by atoms with Crippen LogP contribution in [0.3, 0.4) is 0 Å². The van der Waals surface area contributed by atoms with Gasteiger partial charge in [0.1, 0.15) is 5.65 Å². The number of hydrogen-bond acceptors (Lipinski definition) is 3. The second-order valence-electron chi connectivity index (χ2n) is 4.49. The number of hydrogen-bond donors (Lipinski definition) is 1. The first-order valence-corrected chi connectivity index (χ1v) is 7.71. The van der Waals surface area contributed by atoms with Gasteiger partial charge in [0, 0.05) is 30.3 Å². The lowest BCUT2D eigenvalue weighted by Crippen LogP contribution is -2.25. The van der Waals surface area contributed by atoms with Crippen LogP contribution in [0.2, 0.25) is 0 Å². The van der Waals surface area contributed by atoms with Crippen LogP contribution in [0.25, 0.3) is 5.65 Å². The molecule has 0 fully saturated rings. The van der Waals surface area contributed by atoms with Crippen LogP contribution in [0.1, 0.15) is 10.4 Å². The summed E-state index contributed by atoms with van der Waals surface area (Å²) in [5.41, 5.74) is 1.63. The van der Waals surface area contributed by atoms with Gasteiger partial charge in [0.25, 0.3) is 5.91 Å². The van der Waals surface area contributed by atoms with Gasteiger partial charge in [0.15, 0.2) is 0 Å². The summed E-state index contributed by atoms with van der Waals surface area (Å²) in [5.74, 6) is 0.785. The Morgan fingerprint density at radius 1 is 1.14 bits per heavy atom. The average molecular weight is 297 g/mol. The first-order chi connectivity index (χ1) is 10.3. The maximum absolute atomic E-state index is 11.9. The Morgan fingerprint density at radius 2 is 2.00 bits per heavy atom. The largest absolute Gasteiger partial charge is 0.351 e. The van der Waals surface area contributed by atoms with E-state index in [4.69, 9.17) is 0 Å². The lowest BCUT2D eigenvalue weighted by Gasteiger charge is -2.06. The van der Waals surface area contributed by atoms with Crippen LogP contribution >= 0.6 is 11.8 Å². The number of amides is 1. The predicted molar refractivity (Wildman–Crippen MR) is 84.7 cm³/mol. The average Bonchev–Trinajstić information content (AvgIpc) is 3.01. The van der Waals surface area contributed by atoms with Gasteiger partial charge in [0.2, 0.25) is 0 Å². The third-order valence-electron chi connectivity index (χ3n) is 3.06. The zero-order chi connectivity index (χ0) is 14.5.